The van der Waals surface area contributed by atoms with Gasteiger partial charge in [0.05, 0.1) is 13.2 Å². The third-order valence-electron chi connectivity index (χ3n) is 5.63. The fourth-order valence-corrected chi connectivity index (χ4v) is 4.02. The van der Waals surface area contributed by atoms with E-state index in [1.54, 1.807) is 18.3 Å². The molecule has 6 heteroatoms. The van der Waals surface area contributed by atoms with E-state index in [1.165, 1.54) is 12.1 Å². The summed E-state index contributed by atoms with van der Waals surface area (Å²) in [6.45, 7) is 1.40. The Morgan fingerprint density at radius 2 is 1.93 bits per heavy atom. The molecule has 1 aromatic heterocycles. The molecule has 150 valence electrons. The van der Waals surface area contributed by atoms with Crippen LogP contribution in [0.3, 0.4) is 0 Å². The van der Waals surface area contributed by atoms with E-state index < -0.39 is 11.6 Å². The van der Waals surface area contributed by atoms with Crippen molar-refractivity contribution in [1.29, 1.82) is 0 Å². The van der Waals surface area contributed by atoms with Crippen molar-refractivity contribution >= 4 is 0 Å². The van der Waals surface area contributed by atoms with E-state index in [9.17, 15) is 8.78 Å². The van der Waals surface area contributed by atoms with Gasteiger partial charge in [0, 0.05) is 36.8 Å². The van der Waals surface area contributed by atoms with Gasteiger partial charge in [-0.1, -0.05) is 0 Å². The fraction of sp³-hybridized carbons (Fsp3) is 0.500. The molecule has 2 unspecified atom stereocenters. The van der Waals surface area contributed by atoms with Crippen LogP contribution in [0.15, 0.2) is 30.5 Å². The highest BCUT2D eigenvalue weighted by Gasteiger charge is 2.41. The van der Waals surface area contributed by atoms with Gasteiger partial charge < -0.3 is 14.6 Å². The van der Waals surface area contributed by atoms with Crippen LogP contribution in [0.2, 0.25) is 0 Å². The number of pyridine rings is 1. The minimum absolute atomic E-state index is 0.00452. The minimum Gasteiger partial charge on any atom is -0.474 e. The monoisotopic (exact) mass is 389 g/mol. The zero-order valence-electron chi connectivity index (χ0n) is 15.7. The Hall–Kier alpha value is -2.05. The topological polar surface area (TPSA) is 51.6 Å². The molecule has 1 aliphatic heterocycles. The highest BCUT2D eigenvalue weighted by molar-refractivity contribution is 5.69. The molecule has 1 saturated carbocycles. The second kappa shape index (κ2) is 8.53. The number of aliphatic hydroxyl groups excluding tert-OH is 1. The maximum atomic E-state index is 14.8. The summed E-state index contributed by atoms with van der Waals surface area (Å²) in [7, 11) is 0. The lowest BCUT2D eigenvalue weighted by Gasteiger charge is -2.23. The standard InChI is InChI=1S/C22H25F2NO3/c23-19-12-15(13-20(24)21(19)18-11-14(18)3-2-8-26)17-4-1-7-25-22(17)28-16-5-9-27-10-6-16/h1,4,7,12-14,16,18,26H,2-3,5-6,8-11H2. The summed E-state index contributed by atoms with van der Waals surface area (Å²) in [5, 5.41) is 8.94. The van der Waals surface area contributed by atoms with E-state index in [2.05, 4.69) is 4.98 Å². The van der Waals surface area contributed by atoms with Crippen LogP contribution in [0.4, 0.5) is 8.78 Å². The van der Waals surface area contributed by atoms with Crippen LogP contribution in [0, 0.1) is 17.6 Å². The quantitative estimate of drug-likeness (QED) is 0.760. The molecule has 1 saturated heterocycles. The first-order chi connectivity index (χ1) is 13.7. The van der Waals surface area contributed by atoms with Gasteiger partial charge in [0.25, 0.3) is 0 Å². The van der Waals surface area contributed by atoms with Crippen LogP contribution in [0.1, 0.15) is 43.6 Å². The van der Waals surface area contributed by atoms with E-state index in [-0.39, 0.29) is 30.1 Å². The van der Waals surface area contributed by atoms with Crippen LogP contribution in [-0.4, -0.2) is 36.0 Å². The first-order valence-electron chi connectivity index (χ1n) is 9.97. The molecule has 4 rings (SSSR count). The van der Waals surface area contributed by atoms with Gasteiger partial charge in [0.2, 0.25) is 5.88 Å². The van der Waals surface area contributed by atoms with E-state index >= 15 is 0 Å². The number of aliphatic hydroxyl groups is 1. The van der Waals surface area contributed by atoms with Crippen LogP contribution < -0.4 is 4.74 Å². The van der Waals surface area contributed by atoms with Crippen LogP contribution >= 0.6 is 0 Å². The maximum absolute atomic E-state index is 14.8. The number of benzene rings is 1. The largest absolute Gasteiger partial charge is 0.474 e. The number of aromatic nitrogens is 1. The first kappa shape index (κ1) is 19.3. The summed E-state index contributed by atoms with van der Waals surface area (Å²) in [4.78, 5) is 4.29. The molecule has 1 aliphatic carbocycles. The van der Waals surface area contributed by atoms with E-state index in [0.717, 1.165) is 25.7 Å². The number of hydrogen-bond acceptors (Lipinski definition) is 4. The molecule has 2 aromatic rings. The SMILES string of the molecule is OCCCC1CC1c1c(F)cc(-c2cccnc2OC2CCOCC2)cc1F. The van der Waals surface area contributed by atoms with Gasteiger partial charge in [-0.2, -0.15) is 0 Å². The molecule has 0 amide bonds. The lowest BCUT2D eigenvalue weighted by Crippen LogP contribution is -2.26. The summed E-state index contributed by atoms with van der Waals surface area (Å²) in [5.74, 6) is -0.479. The molecular weight excluding hydrogens is 364 g/mol. The fourth-order valence-electron chi connectivity index (χ4n) is 4.02. The second-order valence-corrected chi connectivity index (χ2v) is 7.61. The predicted molar refractivity (Wildman–Crippen MR) is 101 cm³/mol. The Morgan fingerprint density at radius 1 is 1.18 bits per heavy atom. The van der Waals surface area contributed by atoms with Crippen LogP contribution in [-0.2, 0) is 4.74 Å². The Kier molecular flexibility index (Phi) is 5.87. The van der Waals surface area contributed by atoms with Crippen molar-refractivity contribution in [2.75, 3.05) is 19.8 Å². The normalized spacial score (nSPS) is 22.2. The molecular formula is C22H25F2NO3. The third-order valence-corrected chi connectivity index (χ3v) is 5.63. The molecule has 2 fully saturated rings. The summed E-state index contributed by atoms with van der Waals surface area (Å²) >= 11 is 0. The smallest absolute Gasteiger partial charge is 0.221 e. The number of nitrogens with zero attached hydrogens (tertiary/aromatic N) is 1. The highest BCUT2D eigenvalue weighted by Crippen LogP contribution is 2.52. The Morgan fingerprint density at radius 3 is 2.64 bits per heavy atom. The number of ether oxygens (including phenoxy) is 2. The molecule has 2 atom stereocenters. The van der Waals surface area contributed by atoms with Crippen molar-refractivity contribution in [3.63, 3.8) is 0 Å². The molecule has 28 heavy (non-hydrogen) atoms. The molecule has 2 heterocycles. The molecule has 1 aromatic carbocycles. The van der Waals surface area contributed by atoms with Gasteiger partial charge in [-0.3, -0.25) is 0 Å². The van der Waals surface area contributed by atoms with Gasteiger partial charge in [0.1, 0.15) is 17.7 Å². The van der Waals surface area contributed by atoms with Gasteiger partial charge in [-0.15, -0.1) is 0 Å². The van der Waals surface area contributed by atoms with Gasteiger partial charge in [-0.05, 0) is 60.9 Å². The molecule has 1 N–H and O–H groups in total. The molecule has 0 radical (unpaired) electrons. The highest BCUT2D eigenvalue weighted by atomic mass is 19.1. The molecule has 2 aliphatic rings. The van der Waals surface area contributed by atoms with Crippen LogP contribution in [0.25, 0.3) is 11.1 Å². The Labute approximate surface area is 163 Å². The lowest BCUT2D eigenvalue weighted by molar-refractivity contribution is 0.0240. The van der Waals surface area contributed by atoms with E-state index in [0.29, 0.717) is 36.6 Å². The second-order valence-electron chi connectivity index (χ2n) is 7.61. The van der Waals surface area contributed by atoms with Gasteiger partial charge in [-0.25, -0.2) is 13.8 Å². The summed E-state index contributed by atoms with van der Waals surface area (Å²) in [6.07, 6.45) is 5.41. The molecule has 0 spiro atoms. The summed E-state index contributed by atoms with van der Waals surface area (Å²) < 4.78 is 41.0. The minimum atomic E-state index is -0.521. The summed E-state index contributed by atoms with van der Waals surface area (Å²) in [6, 6.07) is 6.28. The van der Waals surface area contributed by atoms with E-state index in [1.807, 2.05) is 0 Å². The Bertz CT molecular complexity index is 800. The van der Waals surface area contributed by atoms with Gasteiger partial charge in [0.15, 0.2) is 0 Å². The van der Waals surface area contributed by atoms with Crippen molar-refractivity contribution in [3.05, 3.63) is 47.7 Å². The zero-order valence-corrected chi connectivity index (χ0v) is 15.7. The maximum Gasteiger partial charge on any atom is 0.221 e. The average molecular weight is 389 g/mol. The lowest BCUT2D eigenvalue weighted by atomic mass is 10.00. The van der Waals surface area contributed by atoms with Crippen molar-refractivity contribution in [1.82, 2.24) is 4.98 Å². The van der Waals surface area contributed by atoms with Gasteiger partial charge >= 0.3 is 0 Å². The number of hydrogen-bond donors (Lipinski definition) is 1. The van der Waals surface area contributed by atoms with Crippen LogP contribution in [0.5, 0.6) is 5.88 Å². The Balaban J connectivity index is 1.57. The predicted octanol–water partition coefficient (Wildman–Crippen LogP) is 4.46. The van der Waals surface area contributed by atoms with Crippen molar-refractivity contribution < 1.29 is 23.4 Å². The van der Waals surface area contributed by atoms with Crippen molar-refractivity contribution in [2.45, 2.75) is 44.1 Å². The third kappa shape index (κ3) is 4.18. The zero-order chi connectivity index (χ0) is 19.5. The summed E-state index contributed by atoms with van der Waals surface area (Å²) in [5.41, 5.74) is 1.19. The number of halogens is 2. The van der Waals surface area contributed by atoms with E-state index in [4.69, 9.17) is 14.6 Å². The molecule has 4 nitrogen and oxygen atoms in total. The average Bonchev–Trinajstić information content (AvgIpc) is 3.46. The first-order valence-corrected chi connectivity index (χ1v) is 9.97. The van der Waals surface area contributed by atoms with Crippen molar-refractivity contribution in [3.8, 4) is 17.0 Å². The molecule has 0 bridgehead atoms. The van der Waals surface area contributed by atoms with Crippen molar-refractivity contribution in [2.24, 2.45) is 5.92 Å². The number of rotatable bonds is 7.